The standard InChI is InChI=1S/C13H15ClN2O2/c1-9(14)13-15-10-5-3-4-6-11(10)16(13)8-7-12(17)18-2/h3-6,9H,7-8H2,1-2H3. The van der Waals surface area contributed by atoms with Crippen molar-refractivity contribution in [3.8, 4) is 0 Å². The van der Waals surface area contributed by atoms with Gasteiger partial charge in [0, 0.05) is 6.54 Å². The number of imidazole rings is 1. The number of aromatic nitrogens is 2. The van der Waals surface area contributed by atoms with Crippen molar-refractivity contribution in [2.24, 2.45) is 0 Å². The molecule has 5 heteroatoms. The lowest BCUT2D eigenvalue weighted by Gasteiger charge is -2.09. The Balaban J connectivity index is 2.39. The second-order valence-corrected chi connectivity index (χ2v) is 4.71. The van der Waals surface area contributed by atoms with Crippen LogP contribution in [0.2, 0.25) is 0 Å². The first-order chi connectivity index (χ1) is 8.63. The maximum absolute atomic E-state index is 11.2. The molecule has 1 aromatic heterocycles. The Kier molecular flexibility index (Phi) is 3.87. The monoisotopic (exact) mass is 266 g/mol. The van der Waals surface area contributed by atoms with Crippen LogP contribution in [0.5, 0.6) is 0 Å². The summed E-state index contributed by atoms with van der Waals surface area (Å²) >= 11 is 6.13. The molecule has 1 aromatic carbocycles. The van der Waals surface area contributed by atoms with Crippen molar-refractivity contribution in [1.29, 1.82) is 0 Å². The van der Waals surface area contributed by atoms with E-state index in [4.69, 9.17) is 11.6 Å². The summed E-state index contributed by atoms with van der Waals surface area (Å²) in [5.41, 5.74) is 1.88. The highest BCUT2D eigenvalue weighted by atomic mass is 35.5. The zero-order chi connectivity index (χ0) is 13.1. The van der Waals surface area contributed by atoms with E-state index in [9.17, 15) is 4.79 Å². The second kappa shape index (κ2) is 5.40. The lowest BCUT2D eigenvalue weighted by Crippen LogP contribution is -2.10. The number of aryl methyl sites for hydroxylation is 1. The van der Waals surface area contributed by atoms with Crippen LogP contribution in [0.1, 0.15) is 24.5 Å². The summed E-state index contributed by atoms with van der Waals surface area (Å²) in [6.45, 7) is 2.40. The van der Waals surface area contributed by atoms with E-state index in [1.807, 2.05) is 35.8 Å². The highest BCUT2D eigenvalue weighted by molar-refractivity contribution is 6.20. The third kappa shape index (κ3) is 2.48. The number of hydrogen-bond acceptors (Lipinski definition) is 3. The molecule has 18 heavy (non-hydrogen) atoms. The summed E-state index contributed by atoms with van der Waals surface area (Å²) in [5, 5.41) is -0.199. The van der Waals surface area contributed by atoms with Crippen molar-refractivity contribution in [2.45, 2.75) is 25.3 Å². The number of carbonyl (C=O) groups is 1. The summed E-state index contributed by atoms with van der Waals surface area (Å²) in [6, 6.07) is 7.79. The summed E-state index contributed by atoms with van der Waals surface area (Å²) in [7, 11) is 1.39. The molecular weight excluding hydrogens is 252 g/mol. The van der Waals surface area contributed by atoms with Crippen LogP contribution in [0, 0.1) is 0 Å². The fraction of sp³-hybridized carbons (Fsp3) is 0.385. The SMILES string of the molecule is COC(=O)CCn1c(C(C)Cl)nc2ccccc21. The lowest BCUT2D eigenvalue weighted by atomic mass is 10.3. The Bertz CT molecular complexity index is 563. The van der Waals surface area contributed by atoms with Gasteiger partial charge in [-0.15, -0.1) is 11.6 Å². The third-order valence-electron chi connectivity index (χ3n) is 2.81. The van der Waals surface area contributed by atoms with Gasteiger partial charge in [0.1, 0.15) is 5.82 Å². The number of nitrogens with zero attached hydrogens (tertiary/aromatic N) is 2. The van der Waals surface area contributed by atoms with Gasteiger partial charge in [0.05, 0.1) is 29.9 Å². The molecule has 1 heterocycles. The minimum atomic E-state index is -0.235. The van der Waals surface area contributed by atoms with Crippen molar-refractivity contribution in [2.75, 3.05) is 7.11 Å². The highest BCUT2D eigenvalue weighted by Gasteiger charge is 2.15. The third-order valence-corrected chi connectivity index (χ3v) is 3.00. The van der Waals surface area contributed by atoms with Gasteiger partial charge in [-0.3, -0.25) is 4.79 Å². The molecule has 2 aromatic rings. The Labute approximate surface area is 111 Å². The summed E-state index contributed by atoms with van der Waals surface area (Å²) in [4.78, 5) is 15.7. The van der Waals surface area contributed by atoms with Crippen LogP contribution < -0.4 is 0 Å². The van der Waals surface area contributed by atoms with Crippen LogP contribution in [0.4, 0.5) is 0 Å². The lowest BCUT2D eigenvalue weighted by molar-refractivity contribution is -0.140. The molecule has 0 spiro atoms. The first kappa shape index (κ1) is 12.9. The van der Waals surface area contributed by atoms with Crippen LogP contribution in [0.3, 0.4) is 0 Å². The molecule has 0 amide bonds. The maximum atomic E-state index is 11.2. The predicted molar refractivity (Wildman–Crippen MR) is 70.6 cm³/mol. The van der Waals surface area contributed by atoms with Gasteiger partial charge in [-0.1, -0.05) is 12.1 Å². The van der Waals surface area contributed by atoms with Crippen molar-refractivity contribution in [1.82, 2.24) is 9.55 Å². The van der Waals surface area contributed by atoms with Gasteiger partial charge < -0.3 is 9.30 Å². The highest BCUT2D eigenvalue weighted by Crippen LogP contribution is 2.24. The van der Waals surface area contributed by atoms with Crippen molar-refractivity contribution in [3.63, 3.8) is 0 Å². The van der Waals surface area contributed by atoms with E-state index in [1.165, 1.54) is 7.11 Å². The molecule has 0 radical (unpaired) electrons. The van der Waals surface area contributed by atoms with Gasteiger partial charge in [-0.25, -0.2) is 4.98 Å². The number of benzene rings is 1. The van der Waals surface area contributed by atoms with Crippen molar-refractivity contribution in [3.05, 3.63) is 30.1 Å². The summed E-state index contributed by atoms with van der Waals surface area (Å²) in [5.74, 6) is 0.544. The molecule has 2 rings (SSSR count). The van der Waals surface area contributed by atoms with Crippen molar-refractivity contribution < 1.29 is 9.53 Å². The fourth-order valence-corrected chi connectivity index (χ4v) is 2.10. The molecule has 0 aliphatic carbocycles. The average Bonchev–Trinajstić information content (AvgIpc) is 2.75. The molecule has 96 valence electrons. The predicted octanol–water partition coefficient (Wildman–Crippen LogP) is 2.90. The molecule has 1 unspecified atom stereocenters. The Morgan fingerprint density at radius 3 is 2.89 bits per heavy atom. The van der Waals surface area contributed by atoms with E-state index in [0.29, 0.717) is 13.0 Å². The number of ether oxygens (including phenoxy) is 1. The minimum absolute atomic E-state index is 0.199. The second-order valence-electron chi connectivity index (χ2n) is 4.05. The molecule has 0 fully saturated rings. The van der Waals surface area contributed by atoms with Crippen LogP contribution in [-0.4, -0.2) is 22.6 Å². The zero-order valence-corrected chi connectivity index (χ0v) is 11.1. The van der Waals surface area contributed by atoms with E-state index in [1.54, 1.807) is 0 Å². The molecule has 0 bridgehead atoms. The molecule has 0 N–H and O–H groups in total. The largest absolute Gasteiger partial charge is 0.469 e. The number of fused-ring (bicyclic) bond motifs is 1. The molecule has 0 saturated heterocycles. The Morgan fingerprint density at radius 2 is 2.22 bits per heavy atom. The molecule has 4 nitrogen and oxygen atoms in total. The summed E-state index contributed by atoms with van der Waals surface area (Å²) < 4.78 is 6.63. The van der Waals surface area contributed by atoms with E-state index in [0.717, 1.165) is 16.9 Å². The van der Waals surface area contributed by atoms with Gasteiger partial charge in [0.25, 0.3) is 0 Å². The first-order valence-corrected chi connectivity index (χ1v) is 6.23. The van der Waals surface area contributed by atoms with Gasteiger partial charge in [0.15, 0.2) is 0 Å². The zero-order valence-electron chi connectivity index (χ0n) is 10.4. The molecule has 0 aliphatic heterocycles. The number of esters is 1. The topological polar surface area (TPSA) is 44.1 Å². The van der Waals surface area contributed by atoms with Gasteiger partial charge in [0.2, 0.25) is 0 Å². The number of rotatable bonds is 4. The molecular formula is C13H15ClN2O2. The van der Waals surface area contributed by atoms with E-state index in [-0.39, 0.29) is 11.3 Å². The maximum Gasteiger partial charge on any atom is 0.307 e. The van der Waals surface area contributed by atoms with Crippen LogP contribution in [0.15, 0.2) is 24.3 Å². The molecule has 1 atom stereocenters. The number of alkyl halides is 1. The van der Waals surface area contributed by atoms with Crippen LogP contribution in [0.25, 0.3) is 11.0 Å². The number of methoxy groups -OCH3 is 1. The smallest absolute Gasteiger partial charge is 0.307 e. The number of para-hydroxylation sites is 2. The quantitative estimate of drug-likeness (QED) is 0.631. The van der Waals surface area contributed by atoms with Crippen LogP contribution >= 0.6 is 11.6 Å². The van der Waals surface area contributed by atoms with Gasteiger partial charge >= 0.3 is 5.97 Å². The normalized spacial score (nSPS) is 12.6. The minimum Gasteiger partial charge on any atom is -0.469 e. The average molecular weight is 267 g/mol. The molecule has 0 aliphatic rings. The summed E-state index contributed by atoms with van der Waals surface area (Å²) in [6.07, 6.45) is 0.313. The molecule has 0 saturated carbocycles. The van der Waals surface area contributed by atoms with Crippen molar-refractivity contribution >= 4 is 28.6 Å². The van der Waals surface area contributed by atoms with Gasteiger partial charge in [-0.05, 0) is 19.1 Å². The van der Waals surface area contributed by atoms with E-state index in [2.05, 4.69) is 9.72 Å². The van der Waals surface area contributed by atoms with Gasteiger partial charge in [-0.2, -0.15) is 0 Å². The van der Waals surface area contributed by atoms with E-state index >= 15 is 0 Å². The Morgan fingerprint density at radius 1 is 1.50 bits per heavy atom. The first-order valence-electron chi connectivity index (χ1n) is 5.79. The fourth-order valence-electron chi connectivity index (χ4n) is 1.94. The number of hydrogen-bond donors (Lipinski definition) is 0. The van der Waals surface area contributed by atoms with Crippen LogP contribution in [-0.2, 0) is 16.1 Å². The number of halogens is 1. The van der Waals surface area contributed by atoms with E-state index < -0.39 is 0 Å². The Hall–Kier alpha value is -1.55. The number of carbonyl (C=O) groups excluding carboxylic acids is 1.